The van der Waals surface area contributed by atoms with Gasteiger partial charge in [-0.05, 0) is 49.5 Å². The van der Waals surface area contributed by atoms with E-state index in [1.54, 1.807) is 0 Å². The Labute approximate surface area is 115 Å². The van der Waals surface area contributed by atoms with Crippen molar-refractivity contribution >= 4 is 5.91 Å². The van der Waals surface area contributed by atoms with Gasteiger partial charge in [0.25, 0.3) is 0 Å². The lowest BCUT2D eigenvalue weighted by molar-refractivity contribution is -0.117. The first-order chi connectivity index (χ1) is 9.06. The first-order valence-corrected chi connectivity index (χ1v) is 7.05. The second-order valence-corrected chi connectivity index (χ2v) is 5.94. The summed E-state index contributed by atoms with van der Waals surface area (Å²) in [5, 5.41) is 3.39. The summed E-state index contributed by atoms with van der Waals surface area (Å²) in [7, 11) is 0. The Hall–Kier alpha value is -1.35. The van der Waals surface area contributed by atoms with Crippen LogP contribution in [0.2, 0.25) is 0 Å². The number of allylic oxidation sites excluding steroid dienone is 4. The van der Waals surface area contributed by atoms with E-state index in [1.165, 1.54) is 5.57 Å². The van der Waals surface area contributed by atoms with Crippen molar-refractivity contribution in [3.8, 4) is 0 Å². The molecule has 3 aliphatic rings. The van der Waals surface area contributed by atoms with Crippen LogP contribution in [0.15, 0.2) is 37.0 Å². The molecule has 3 N–H and O–H groups in total. The van der Waals surface area contributed by atoms with Gasteiger partial charge in [0.15, 0.2) is 0 Å². The number of carbonyl (C=O) groups is 1. The van der Waals surface area contributed by atoms with Gasteiger partial charge in [-0.3, -0.25) is 4.79 Å². The highest BCUT2D eigenvalue weighted by atomic mass is 16.1. The number of fused-ring (bicyclic) bond motifs is 3. The summed E-state index contributed by atoms with van der Waals surface area (Å²) in [5.74, 6) is -0.268. The fraction of sp³-hybridized carbons (Fsp3) is 0.562. The SMILES string of the molecule is C=C/C=C(\C=C)C12CCC(NCC(N)=O)(CC1)CC2. The summed E-state index contributed by atoms with van der Waals surface area (Å²) in [6.07, 6.45) is 12.7. The summed E-state index contributed by atoms with van der Waals surface area (Å²) >= 11 is 0. The average molecular weight is 260 g/mol. The maximum Gasteiger partial charge on any atom is 0.231 e. The third-order valence-electron chi connectivity index (χ3n) is 5.01. The van der Waals surface area contributed by atoms with Gasteiger partial charge in [-0.2, -0.15) is 0 Å². The number of nitrogens with two attached hydrogens (primary N) is 1. The van der Waals surface area contributed by atoms with Crippen LogP contribution in [-0.2, 0) is 4.79 Å². The number of nitrogens with one attached hydrogen (secondary N) is 1. The molecule has 1 amide bonds. The van der Waals surface area contributed by atoms with Crippen LogP contribution >= 0.6 is 0 Å². The number of amides is 1. The zero-order valence-electron chi connectivity index (χ0n) is 11.6. The molecule has 2 bridgehead atoms. The molecular formula is C16H24N2O. The molecule has 0 aromatic rings. The highest BCUT2D eigenvalue weighted by molar-refractivity contribution is 5.76. The number of carbonyl (C=O) groups excluding carboxylic acids is 1. The van der Waals surface area contributed by atoms with Gasteiger partial charge in [-0.25, -0.2) is 0 Å². The van der Waals surface area contributed by atoms with Crippen molar-refractivity contribution in [2.45, 2.75) is 44.1 Å². The molecular weight excluding hydrogens is 236 g/mol. The topological polar surface area (TPSA) is 55.1 Å². The Balaban J connectivity index is 2.08. The van der Waals surface area contributed by atoms with Crippen molar-refractivity contribution in [1.29, 1.82) is 0 Å². The molecule has 0 heterocycles. The second kappa shape index (κ2) is 5.33. The first-order valence-electron chi connectivity index (χ1n) is 7.05. The van der Waals surface area contributed by atoms with Gasteiger partial charge in [-0.15, -0.1) is 0 Å². The van der Waals surface area contributed by atoms with Gasteiger partial charge in [0, 0.05) is 5.54 Å². The fourth-order valence-corrected chi connectivity index (χ4v) is 3.75. The minimum absolute atomic E-state index is 0.136. The molecule has 0 atom stereocenters. The van der Waals surface area contributed by atoms with Crippen LogP contribution in [0.4, 0.5) is 0 Å². The average Bonchev–Trinajstić information content (AvgIpc) is 2.44. The minimum Gasteiger partial charge on any atom is -0.369 e. The van der Waals surface area contributed by atoms with E-state index in [0.29, 0.717) is 6.54 Å². The normalized spacial score (nSPS) is 34.0. The maximum absolute atomic E-state index is 10.9. The number of primary amides is 1. The highest BCUT2D eigenvalue weighted by Gasteiger charge is 2.49. The molecule has 3 saturated carbocycles. The van der Waals surface area contributed by atoms with Gasteiger partial charge in [0.05, 0.1) is 6.54 Å². The van der Waals surface area contributed by atoms with Crippen LogP contribution in [0.25, 0.3) is 0 Å². The Morgan fingerprint density at radius 3 is 2.16 bits per heavy atom. The third-order valence-corrected chi connectivity index (χ3v) is 5.01. The lowest BCUT2D eigenvalue weighted by Crippen LogP contribution is -2.56. The van der Waals surface area contributed by atoms with Crippen LogP contribution in [0.3, 0.4) is 0 Å². The molecule has 3 fully saturated rings. The van der Waals surface area contributed by atoms with Gasteiger partial charge >= 0.3 is 0 Å². The predicted octanol–water partition coefficient (Wildman–Crippen LogP) is 2.45. The van der Waals surface area contributed by atoms with E-state index in [1.807, 2.05) is 12.2 Å². The Morgan fingerprint density at radius 2 is 1.74 bits per heavy atom. The molecule has 3 heteroatoms. The van der Waals surface area contributed by atoms with Crippen LogP contribution in [0, 0.1) is 5.41 Å². The quantitative estimate of drug-likeness (QED) is 0.721. The molecule has 0 radical (unpaired) electrons. The first kappa shape index (κ1) is 14.1. The Morgan fingerprint density at radius 1 is 1.16 bits per heavy atom. The number of hydrogen-bond donors (Lipinski definition) is 2. The van der Waals surface area contributed by atoms with Crippen molar-refractivity contribution in [2.75, 3.05) is 6.54 Å². The molecule has 3 nitrogen and oxygen atoms in total. The third kappa shape index (κ3) is 2.66. The zero-order valence-corrected chi connectivity index (χ0v) is 11.6. The summed E-state index contributed by atoms with van der Waals surface area (Å²) in [4.78, 5) is 10.9. The largest absolute Gasteiger partial charge is 0.369 e. The van der Waals surface area contributed by atoms with Crippen LogP contribution < -0.4 is 11.1 Å². The van der Waals surface area contributed by atoms with Crippen LogP contribution in [0.5, 0.6) is 0 Å². The molecule has 0 saturated heterocycles. The van der Waals surface area contributed by atoms with Crippen molar-refractivity contribution in [3.05, 3.63) is 37.0 Å². The predicted molar refractivity (Wildman–Crippen MR) is 78.5 cm³/mol. The van der Waals surface area contributed by atoms with Crippen LogP contribution in [0.1, 0.15) is 38.5 Å². The molecule has 104 valence electrons. The van der Waals surface area contributed by atoms with Gasteiger partial charge < -0.3 is 11.1 Å². The monoisotopic (exact) mass is 260 g/mol. The molecule has 19 heavy (non-hydrogen) atoms. The van der Waals surface area contributed by atoms with Gasteiger partial charge in [0.2, 0.25) is 5.91 Å². The van der Waals surface area contributed by atoms with E-state index in [-0.39, 0.29) is 16.9 Å². The Bertz CT molecular complexity index is 398. The van der Waals surface area contributed by atoms with E-state index in [0.717, 1.165) is 38.5 Å². The maximum atomic E-state index is 10.9. The highest BCUT2D eigenvalue weighted by Crippen LogP contribution is 2.56. The van der Waals surface area contributed by atoms with Crippen LogP contribution in [-0.4, -0.2) is 18.0 Å². The van der Waals surface area contributed by atoms with Gasteiger partial charge in [0.1, 0.15) is 0 Å². The molecule has 3 rings (SSSR count). The van der Waals surface area contributed by atoms with Gasteiger partial charge in [-0.1, -0.05) is 31.4 Å². The van der Waals surface area contributed by atoms with Crippen molar-refractivity contribution in [2.24, 2.45) is 11.1 Å². The summed E-state index contributed by atoms with van der Waals surface area (Å²) in [6, 6.07) is 0. The second-order valence-electron chi connectivity index (χ2n) is 5.94. The van der Waals surface area contributed by atoms with E-state index in [9.17, 15) is 4.79 Å². The summed E-state index contributed by atoms with van der Waals surface area (Å²) in [6.45, 7) is 8.04. The lowest BCUT2D eigenvalue weighted by Gasteiger charge is -2.54. The van der Waals surface area contributed by atoms with E-state index in [2.05, 4.69) is 24.6 Å². The molecule has 0 unspecified atom stereocenters. The van der Waals surface area contributed by atoms with E-state index in [4.69, 9.17) is 5.73 Å². The molecule has 3 aliphatic carbocycles. The molecule has 0 aromatic carbocycles. The smallest absolute Gasteiger partial charge is 0.231 e. The Kier molecular flexibility index (Phi) is 3.95. The van der Waals surface area contributed by atoms with E-state index < -0.39 is 0 Å². The number of hydrogen-bond acceptors (Lipinski definition) is 2. The number of rotatable bonds is 6. The molecule has 0 spiro atoms. The van der Waals surface area contributed by atoms with E-state index >= 15 is 0 Å². The van der Waals surface area contributed by atoms with Crippen molar-refractivity contribution in [3.63, 3.8) is 0 Å². The molecule has 0 aliphatic heterocycles. The fourth-order valence-electron chi connectivity index (χ4n) is 3.75. The lowest BCUT2D eigenvalue weighted by atomic mass is 9.54. The summed E-state index contributed by atoms with van der Waals surface area (Å²) < 4.78 is 0. The van der Waals surface area contributed by atoms with Crippen molar-refractivity contribution in [1.82, 2.24) is 5.32 Å². The van der Waals surface area contributed by atoms with Crippen molar-refractivity contribution < 1.29 is 4.79 Å². The zero-order chi connectivity index (χ0) is 13.9. The molecule has 0 aromatic heterocycles. The summed E-state index contributed by atoms with van der Waals surface area (Å²) in [5.41, 5.74) is 6.98. The standard InChI is InChI=1S/C16H24N2O/c1-3-5-13(4-2)15-6-9-16(10-7-15,11-8-15)18-12-14(17)19/h3-5,18H,1-2,6-12H2,(H2,17,19)/b13-5+. The minimum atomic E-state index is -0.268.